The van der Waals surface area contributed by atoms with Crippen LogP contribution in [0.1, 0.15) is 44.4 Å². The highest BCUT2D eigenvalue weighted by Gasteiger charge is 2.42. The van der Waals surface area contributed by atoms with Crippen LogP contribution in [0.4, 0.5) is 5.69 Å². The Balaban J connectivity index is 1.71. The molecule has 2 N–H and O–H groups in total. The number of rotatable bonds is 9. The molecule has 0 radical (unpaired) electrons. The molecule has 1 aromatic heterocycles. The number of aromatic nitrogens is 1. The number of thiazole rings is 1. The summed E-state index contributed by atoms with van der Waals surface area (Å²) in [5.74, 6) is -0.913. The van der Waals surface area contributed by atoms with Crippen molar-refractivity contribution in [2.75, 3.05) is 5.32 Å². The number of carbonyl (C=O) groups excluding carboxylic acids is 1. The van der Waals surface area contributed by atoms with E-state index in [-0.39, 0.29) is 16.8 Å². The minimum atomic E-state index is -1.42. The van der Waals surface area contributed by atoms with E-state index in [1.807, 2.05) is 44.2 Å². The normalized spacial score (nSPS) is 16.7. The third-order valence-corrected chi connectivity index (χ3v) is 6.55. The summed E-state index contributed by atoms with van der Waals surface area (Å²) >= 11 is 7.21. The molecule has 1 aliphatic rings. The molecule has 1 unspecified atom stereocenters. The van der Waals surface area contributed by atoms with Gasteiger partial charge in [0.25, 0.3) is 0 Å². The van der Waals surface area contributed by atoms with Gasteiger partial charge in [0.15, 0.2) is 5.54 Å². The van der Waals surface area contributed by atoms with E-state index >= 15 is 0 Å². The van der Waals surface area contributed by atoms with Gasteiger partial charge in [-0.1, -0.05) is 29.8 Å². The molecule has 1 aliphatic heterocycles. The number of anilines is 1. The van der Waals surface area contributed by atoms with Crippen LogP contribution in [-0.2, 0) is 12.1 Å². The van der Waals surface area contributed by atoms with Crippen molar-refractivity contribution in [1.82, 2.24) is 4.98 Å². The maximum atomic E-state index is 13.8. The lowest BCUT2D eigenvalue weighted by Gasteiger charge is -2.22. The topological polar surface area (TPSA) is 101 Å². The minimum absolute atomic E-state index is 0.0386. The number of ketones is 1. The first-order valence-corrected chi connectivity index (χ1v) is 11.7. The second kappa shape index (κ2) is 9.79. The molecule has 0 fully saturated rings. The van der Waals surface area contributed by atoms with Crippen LogP contribution in [0.3, 0.4) is 0 Å². The van der Waals surface area contributed by atoms with E-state index in [1.165, 1.54) is 12.4 Å². The lowest BCUT2D eigenvalue weighted by molar-refractivity contribution is 0.0701. The average Bonchev–Trinajstić information content (AvgIpc) is 3.48. The number of Topliss-reactive ketones (excluding diaryl/α,β-unsaturated/α-hetero) is 1. The fraction of sp³-hybridized carbons (Fsp3) is 0.200. The van der Waals surface area contributed by atoms with Gasteiger partial charge in [-0.2, -0.15) is 0 Å². The number of aliphatic imine (C=N–C) groups is 1. The molecule has 174 valence electrons. The second-order valence-electron chi connectivity index (χ2n) is 7.93. The highest BCUT2D eigenvalue weighted by atomic mass is 35.5. The molecule has 9 heteroatoms. The molecule has 0 saturated carbocycles. The molecule has 3 aromatic rings. The van der Waals surface area contributed by atoms with Crippen molar-refractivity contribution < 1.29 is 19.4 Å². The van der Waals surface area contributed by atoms with Gasteiger partial charge in [0.1, 0.15) is 15.6 Å². The Labute approximate surface area is 205 Å². The smallest absolute Gasteiger partial charge is 0.347 e. The van der Waals surface area contributed by atoms with Crippen molar-refractivity contribution in [2.45, 2.75) is 32.0 Å². The lowest BCUT2D eigenvalue weighted by atomic mass is 9.90. The van der Waals surface area contributed by atoms with E-state index in [2.05, 4.69) is 15.3 Å². The third-order valence-electron chi connectivity index (χ3n) is 5.07. The molecule has 0 saturated heterocycles. The van der Waals surface area contributed by atoms with Gasteiger partial charge in [0, 0.05) is 35.1 Å². The van der Waals surface area contributed by atoms with Crippen molar-refractivity contribution in [3.63, 3.8) is 0 Å². The molecule has 0 amide bonds. The number of hydrogen-bond donors (Lipinski definition) is 2. The Kier molecular flexibility index (Phi) is 6.81. The quantitative estimate of drug-likeness (QED) is 0.374. The predicted octanol–water partition coefficient (Wildman–Crippen LogP) is 5.61. The summed E-state index contributed by atoms with van der Waals surface area (Å²) in [5.41, 5.74) is 0.522. The van der Waals surface area contributed by atoms with E-state index in [1.54, 1.807) is 24.3 Å². The highest BCUT2D eigenvalue weighted by molar-refractivity contribution is 7.13. The number of ether oxygens (including phenoxy) is 1. The number of hydrogen-bond acceptors (Lipinski definition) is 7. The standard InChI is InChI=1S/C25H22ClN3O4S/c1-15(2)33-19-11-17(10-18(12-19)27-13-16-6-3-4-7-20(16)26)22(30)25(8-5-9-29-25)24-28-14-21(34-24)23(31)32/h3-12,14-15,27H,13H2,1-2H3,(H,31,32). The van der Waals surface area contributed by atoms with Gasteiger partial charge in [-0.05, 0) is 49.8 Å². The summed E-state index contributed by atoms with van der Waals surface area (Å²) < 4.78 is 5.89. The molecule has 0 spiro atoms. The van der Waals surface area contributed by atoms with Gasteiger partial charge in [0.2, 0.25) is 5.78 Å². The van der Waals surface area contributed by atoms with Gasteiger partial charge in [0.05, 0.1) is 12.3 Å². The average molecular weight is 496 g/mol. The Bertz CT molecular complexity index is 1290. The number of carboxylic acid groups (broad SMARTS) is 1. The number of allylic oxidation sites excluding steroid dienone is 1. The largest absolute Gasteiger partial charge is 0.491 e. The molecule has 2 heterocycles. The molecule has 4 rings (SSSR count). The number of aromatic carboxylic acids is 1. The van der Waals surface area contributed by atoms with E-state index in [0.717, 1.165) is 16.9 Å². The summed E-state index contributed by atoms with van der Waals surface area (Å²) in [6.07, 6.45) is 5.95. The number of benzene rings is 2. The molecule has 0 aliphatic carbocycles. The molecule has 34 heavy (non-hydrogen) atoms. The summed E-state index contributed by atoms with van der Waals surface area (Å²) in [6.45, 7) is 4.26. The molecule has 2 aromatic carbocycles. The first-order valence-electron chi connectivity index (χ1n) is 10.5. The Morgan fingerprint density at radius 3 is 2.68 bits per heavy atom. The van der Waals surface area contributed by atoms with Gasteiger partial charge in [-0.15, -0.1) is 11.3 Å². The molecule has 0 bridgehead atoms. The monoisotopic (exact) mass is 495 g/mol. The van der Waals surface area contributed by atoms with Crippen LogP contribution < -0.4 is 10.1 Å². The van der Waals surface area contributed by atoms with Crippen LogP contribution in [0.5, 0.6) is 5.75 Å². The molecule has 1 atom stereocenters. The van der Waals surface area contributed by atoms with Gasteiger partial charge < -0.3 is 15.2 Å². The number of halogens is 1. The third kappa shape index (κ3) is 4.88. The Morgan fingerprint density at radius 2 is 2.03 bits per heavy atom. The molecular weight excluding hydrogens is 474 g/mol. The minimum Gasteiger partial charge on any atom is -0.491 e. The first-order chi connectivity index (χ1) is 16.3. The van der Waals surface area contributed by atoms with Crippen molar-refractivity contribution in [3.8, 4) is 5.75 Å². The zero-order chi connectivity index (χ0) is 24.3. The molecular formula is C25H22ClN3O4S. The van der Waals surface area contributed by atoms with Gasteiger partial charge in [-0.3, -0.25) is 9.79 Å². The zero-order valence-corrected chi connectivity index (χ0v) is 20.1. The fourth-order valence-corrected chi connectivity index (χ4v) is 4.60. The van der Waals surface area contributed by atoms with Crippen molar-refractivity contribution >= 4 is 46.6 Å². The van der Waals surface area contributed by atoms with Crippen LogP contribution in [0, 0.1) is 0 Å². The predicted molar refractivity (Wildman–Crippen MR) is 134 cm³/mol. The van der Waals surface area contributed by atoms with E-state index in [9.17, 15) is 14.7 Å². The summed E-state index contributed by atoms with van der Waals surface area (Å²) in [7, 11) is 0. The lowest BCUT2D eigenvalue weighted by Crippen LogP contribution is -2.30. The SMILES string of the molecule is CC(C)Oc1cc(NCc2ccccc2Cl)cc(C(=O)C2(c3ncc(C(=O)O)s3)C=CC=N2)c1. The van der Waals surface area contributed by atoms with Gasteiger partial charge >= 0.3 is 5.97 Å². The van der Waals surface area contributed by atoms with Crippen molar-refractivity contribution in [3.05, 3.63) is 86.8 Å². The maximum Gasteiger partial charge on any atom is 0.347 e. The Morgan fingerprint density at radius 1 is 1.24 bits per heavy atom. The fourth-order valence-electron chi connectivity index (χ4n) is 3.52. The van der Waals surface area contributed by atoms with Crippen LogP contribution in [0.15, 0.2) is 65.8 Å². The van der Waals surface area contributed by atoms with Crippen LogP contribution in [0.25, 0.3) is 0 Å². The second-order valence-corrected chi connectivity index (χ2v) is 9.36. The van der Waals surface area contributed by atoms with Crippen LogP contribution in [0.2, 0.25) is 5.02 Å². The van der Waals surface area contributed by atoms with E-state index in [4.69, 9.17) is 16.3 Å². The summed E-state index contributed by atoms with van der Waals surface area (Å²) in [6, 6.07) is 12.7. The maximum absolute atomic E-state index is 13.8. The number of nitrogens with zero attached hydrogens (tertiary/aromatic N) is 2. The first kappa shape index (κ1) is 23.7. The van der Waals surface area contributed by atoms with E-state index in [0.29, 0.717) is 33.6 Å². The van der Waals surface area contributed by atoms with Gasteiger partial charge in [-0.25, -0.2) is 9.78 Å². The summed E-state index contributed by atoms with van der Waals surface area (Å²) in [4.78, 5) is 33.8. The zero-order valence-electron chi connectivity index (χ0n) is 18.5. The van der Waals surface area contributed by atoms with Crippen LogP contribution in [-0.4, -0.2) is 34.2 Å². The van der Waals surface area contributed by atoms with Crippen LogP contribution >= 0.6 is 22.9 Å². The van der Waals surface area contributed by atoms with Crippen molar-refractivity contribution in [2.24, 2.45) is 4.99 Å². The number of carbonyl (C=O) groups is 2. The molecule has 7 nitrogen and oxygen atoms in total. The number of carboxylic acids is 1. The highest BCUT2D eigenvalue weighted by Crippen LogP contribution is 2.38. The summed E-state index contributed by atoms with van der Waals surface area (Å²) in [5, 5.41) is 13.5. The van der Waals surface area contributed by atoms with E-state index < -0.39 is 11.5 Å². The van der Waals surface area contributed by atoms with Crippen molar-refractivity contribution in [1.29, 1.82) is 0 Å². The number of nitrogens with one attached hydrogen (secondary N) is 1. The Hall–Kier alpha value is -3.49.